The van der Waals surface area contributed by atoms with E-state index in [0.29, 0.717) is 25.7 Å². The summed E-state index contributed by atoms with van der Waals surface area (Å²) >= 11 is 0. The van der Waals surface area contributed by atoms with Gasteiger partial charge in [-0.3, -0.25) is 4.79 Å². The van der Waals surface area contributed by atoms with E-state index in [4.69, 9.17) is 4.74 Å². The number of rotatable bonds is 6. The lowest BCUT2D eigenvalue weighted by Gasteiger charge is -2.36. The summed E-state index contributed by atoms with van der Waals surface area (Å²) in [5.41, 5.74) is 3.55. The first-order valence-electron chi connectivity index (χ1n) is 11.6. The van der Waals surface area contributed by atoms with Gasteiger partial charge in [0.25, 0.3) is 0 Å². The fourth-order valence-corrected chi connectivity index (χ4v) is 5.47. The number of benzene rings is 2. The van der Waals surface area contributed by atoms with Crippen LogP contribution in [-0.4, -0.2) is 41.3 Å². The predicted octanol–water partition coefficient (Wildman–Crippen LogP) is 3.82. The highest BCUT2D eigenvalue weighted by Crippen LogP contribution is 2.44. The molecule has 2 aromatic carbocycles. The minimum Gasteiger partial charge on any atom is -0.480 e. The zero-order chi connectivity index (χ0) is 23.0. The first-order valence-corrected chi connectivity index (χ1v) is 11.6. The Kier molecular flexibility index (Phi) is 5.56. The number of alkyl carbamates (subject to hydrolysis) is 1. The Hall–Kier alpha value is -3.35. The highest BCUT2D eigenvalue weighted by atomic mass is 16.5. The van der Waals surface area contributed by atoms with E-state index in [0.717, 1.165) is 24.0 Å². The van der Waals surface area contributed by atoms with Gasteiger partial charge in [0, 0.05) is 17.9 Å². The molecule has 0 saturated heterocycles. The molecular formula is C26H28N2O5. The summed E-state index contributed by atoms with van der Waals surface area (Å²) in [7, 11) is 0. The van der Waals surface area contributed by atoms with Crippen molar-refractivity contribution < 1.29 is 24.2 Å². The van der Waals surface area contributed by atoms with Gasteiger partial charge in [0.05, 0.1) is 0 Å². The average molecular weight is 449 g/mol. The Labute approximate surface area is 192 Å². The van der Waals surface area contributed by atoms with Gasteiger partial charge in [-0.15, -0.1) is 0 Å². The first kappa shape index (κ1) is 21.5. The molecule has 3 aliphatic carbocycles. The smallest absolute Gasteiger partial charge is 0.407 e. The molecule has 3 aliphatic rings. The minimum absolute atomic E-state index is 0.00156. The Morgan fingerprint density at radius 2 is 1.52 bits per heavy atom. The van der Waals surface area contributed by atoms with Crippen molar-refractivity contribution >= 4 is 18.0 Å². The molecule has 5 rings (SSSR count). The van der Waals surface area contributed by atoms with Crippen LogP contribution in [0.3, 0.4) is 0 Å². The lowest BCUT2D eigenvalue weighted by atomic mass is 9.79. The molecule has 2 saturated carbocycles. The maximum atomic E-state index is 12.5. The fourth-order valence-electron chi connectivity index (χ4n) is 5.47. The quantitative estimate of drug-likeness (QED) is 0.623. The van der Waals surface area contributed by atoms with Gasteiger partial charge < -0.3 is 20.5 Å². The van der Waals surface area contributed by atoms with Gasteiger partial charge in [-0.2, -0.15) is 0 Å². The van der Waals surface area contributed by atoms with E-state index in [1.807, 2.05) is 24.3 Å². The second-order valence-electron chi connectivity index (χ2n) is 9.42. The molecule has 0 bridgehead atoms. The highest BCUT2D eigenvalue weighted by Gasteiger charge is 2.45. The van der Waals surface area contributed by atoms with Gasteiger partial charge in [-0.05, 0) is 47.9 Å². The number of carbonyl (C=O) groups excluding carboxylic acids is 2. The maximum absolute atomic E-state index is 12.5. The van der Waals surface area contributed by atoms with Crippen molar-refractivity contribution in [1.29, 1.82) is 0 Å². The van der Waals surface area contributed by atoms with Gasteiger partial charge in [0.1, 0.15) is 12.1 Å². The normalized spacial score (nSPS) is 22.5. The van der Waals surface area contributed by atoms with E-state index >= 15 is 0 Å². The van der Waals surface area contributed by atoms with Crippen molar-refractivity contribution in [3.05, 3.63) is 59.7 Å². The summed E-state index contributed by atoms with van der Waals surface area (Å²) in [6.45, 7) is 0.248. The molecule has 2 aromatic rings. The first-order chi connectivity index (χ1) is 16.0. The summed E-state index contributed by atoms with van der Waals surface area (Å²) in [6.07, 6.45) is 3.06. The van der Waals surface area contributed by atoms with Crippen molar-refractivity contribution in [3.8, 4) is 11.1 Å². The lowest BCUT2D eigenvalue weighted by molar-refractivity contribution is -0.148. The molecule has 0 unspecified atom stereocenters. The predicted molar refractivity (Wildman–Crippen MR) is 122 cm³/mol. The second kappa shape index (κ2) is 8.54. The molecule has 0 spiro atoms. The molecule has 0 aliphatic heterocycles. The van der Waals surface area contributed by atoms with E-state index in [2.05, 4.69) is 34.9 Å². The molecule has 7 nitrogen and oxygen atoms in total. The summed E-state index contributed by atoms with van der Waals surface area (Å²) in [5.74, 6) is -1.46. The largest absolute Gasteiger partial charge is 0.480 e. The maximum Gasteiger partial charge on any atom is 0.407 e. The zero-order valence-electron chi connectivity index (χ0n) is 18.4. The molecule has 0 atom stereocenters. The molecule has 33 heavy (non-hydrogen) atoms. The number of fused-ring (bicyclic) bond motifs is 3. The number of carboxylic acid groups (broad SMARTS) is 1. The Morgan fingerprint density at radius 1 is 0.939 bits per heavy atom. The summed E-state index contributed by atoms with van der Waals surface area (Å²) < 4.78 is 5.57. The van der Waals surface area contributed by atoms with Crippen LogP contribution in [0.5, 0.6) is 0 Å². The Balaban J connectivity index is 1.12. The van der Waals surface area contributed by atoms with Crippen molar-refractivity contribution in [1.82, 2.24) is 10.6 Å². The molecule has 0 heterocycles. The van der Waals surface area contributed by atoms with Gasteiger partial charge >= 0.3 is 12.1 Å². The van der Waals surface area contributed by atoms with Crippen molar-refractivity contribution in [2.75, 3.05) is 6.61 Å². The zero-order valence-corrected chi connectivity index (χ0v) is 18.4. The summed E-state index contributed by atoms with van der Waals surface area (Å²) in [6, 6.07) is 16.2. The fraction of sp³-hybridized carbons (Fsp3) is 0.423. The van der Waals surface area contributed by atoms with Crippen LogP contribution >= 0.6 is 0 Å². The SMILES string of the molecule is O=C(NC1CC(C(=O)NC2(C(=O)O)CCCC2)C1)OCC1c2ccccc2-c2ccccc21. The minimum atomic E-state index is -1.12. The van der Waals surface area contributed by atoms with E-state index in [1.165, 1.54) is 11.1 Å². The van der Waals surface area contributed by atoms with Crippen molar-refractivity contribution in [2.45, 2.75) is 56.0 Å². The molecule has 0 aromatic heterocycles. The van der Waals surface area contributed by atoms with Crippen LogP contribution in [0.15, 0.2) is 48.5 Å². The van der Waals surface area contributed by atoms with Gasteiger partial charge in [-0.25, -0.2) is 9.59 Å². The number of carbonyl (C=O) groups is 3. The van der Waals surface area contributed by atoms with Crippen LogP contribution in [0.25, 0.3) is 11.1 Å². The molecule has 0 radical (unpaired) electrons. The Bertz CT molecular complexity index is 1040. The monoisotopic (exact) mass is 448 g/mol. The van der Waals surface area contributed by atoms with Crippen LogP contribution < -0.4 is 10.6 Å². The molecule has 2 fully saturated rings. The van der Waals surface area contributed by atoms with Gasteiger partial charge in [-0.1, -0.05) is 61.4 Å². The van der Waals surface area contributed by atoms with Gasteiger partial charge in [0.2, 0.25) is 5.91 Å². The van der Waals surface area contributed by atoms with Crippen LogP contribution in [0.2, 0.25) is 0 Å². The van der Waals surface area contributed by atoms with E-state index in [9.17, 15) is 19.5 Å². The number of ether oxygens (including phenoxy) is 1. The number of hydrogen-bond donors (Lipinski definition) is 3. The number of hydrogen-bond acceptors (Lipinski definition) is 4. The average Bonchev–Trinajstić information content (AvgIpc) is 3.38. The molecule has 172 valence electrons. The van der Waals surface area contributed by atoms with Crippen LogP contribution in [-0.2, 0) is 14.3 Å². The van der Waals surface area contributed by atoms with Crippen molar-refractivity contribution in [3.63, 3.8) is 0 Å². The highest BCUT2D eigenvalue weighted by molar-refractivity contribution is 5.89. The molecular weight excluding hydrogens is 420 g/mol. The van der Waals surface area contributed by atoms with Crippen LogP contribution in [0.4, 0.5) is 4.79 Å². The third-order valence-electron chi connectivity index (χ3n) is 7.40. The molecule has 7 heteroatoms. The van der Waals surface area contributed by atoms with E-state index in [-0.39, 0.29) is 30.4 Å². The number of aliphatic carboxylic acids is 1. The molecule has 2 amide bonds. The van der Waals surface area contributed by atoms with Crippen LogP contribution in [0.1, 0.15) is 55.6 Å². The Morgan fingerprint density at radius 3 is 2.09 bits per heavy atom. The topological polar surface area (TPSA) is 105 Å². The lowest BCUT2D eigenvalue weighted by Crippen LogP contribution is -2.57. The third-order valence-corrected chi connectivity index (χ3v) is 7.40. The number of carboxylic acids is 1. The molecule has 3 N–H and O–H groups in total. The summed E-state index contributed by atoms with van der Waals surface area (Å²) in [4.78, 5) is 36.6. The van der Waals surface area contributed by atoms with Crippen molar-refractivity contribution in [2.24, 2.45) is 5.92 Å². The summed E-state index contributed by atoms with van der Waals surface area (Å²) in [5, 5.41) is 15.1. The van der Waals surface area contributed by atoms with E-state index in [1.54, 1.807) is 0 Å². The van der Waals surface area contributed by atoms with E-state index < -0.39 is 17.6 Å². The van der Waals surface area contributed by atoms with Crippen LogP contribution in [0, 0.1) is 5.92 Å². The van der Waals surface area contributed by atoms with Gasteiger partial charge in [0.15, 0.2) is 0 Å². The number of amides is 2. The third kappa shape index (κ3) is 3.96. The standard InChI is InChI=1S/C26H28N2O5/c29-23(28-26(24(30)31)11-5-6-12-26)16-13-17(14-16)27-25(32)33-15-22-20-9-3-1-7-18(20)19-8-2-4-10-21(19)22/h1-4,7-10,16-17,22H,5-6,11-15H2,(H,27,32)(H,28,29)(H,30,31). The number of nitrogens with one attached hydrogen (secondary N) is 2. The second-order valence-corrected chi connectivity index (χ2v) is 9.42.